The van der Waals surface area contributed by atoms with Gasteiger partial charge in [0, 0.05) is 32.2 Å². The van der Waals surface area contributed by atoms with Crippen molar-refractivity contribution in [3.8, 4) is 0 Å². The monoisotopic (exact) mass is 459 g/mol. The number of rotatable bonds is 6. The molecular weight excluding hydrogens is 434 g/mol. The molecular formula is C17H25N5O4S3. The van der Waals surface area contributed by atoms with Crippen molar-refractivity contribution in [3.63, 3.8) is 0 Å². The Hall–Kier alpha value is -1.86. The lowest BCUT2D eigenvalue weighted by molar-refractivity contribution is -0.121. The van der Waals surface area contributed by atoms with Crippen LogP contribution in [-0.4, -0.2) is 85.0 Å². The number of hydrogen-bond donors (Lipinski definition) is 2. The van der Waals surface area contributed by atoms with Crippen molar-refractivity contribution < 1.29 is 17.9 Å². The van der Waals surface area contributed by atoms with Gasteiger partial charge in [0.15, 0.2) is 5.11 Å². The summed E-state index contributed by atoms with van der Waals surface area (Å²) in [5.74, 6) is -1.48. The molecule has 0 spiro atoms. The second-order valence-corrected chi connectivity index (χ2v) is 8.69. The van der Waals surface area contributed by atoms with Crippen LogP contribution < -0.4 is 10.3 Å². The van der Waals surface area contributed by atoms with Crippen LogP contribution in [0.2, 0.25) is 0 Å². The van der Waals surface area contributed by atoms with Crippen LogP contribution in [0.1, 0.15) is 12.5 Å². The van der Waals surface area contributed by atoms with Crippen molar-refractivity contribution in [2.75, 3.05) is 45.6 Å². The normalized spacial score (nSPS) is 14.2. The first-order valence-corrected chi connectivity index (χ1v) is 11.5. The molecule has 0 aliphatic carbocycles. The van der Waals surface area contributed by atoms with Gasteiger partial charge in [0.05, 0.1) is 13.2 Å². The average Bonchev–Trinajstić information content (AvgIpc) is 2.71. The van der Waals surface area contributed by atoms with Crippen molar-refractivity contribution in [2.24, 2.45) is 0 Å². The molecule has 1 amide bonds. The van der Waals surface area contributed by atoms with Crippen molar-refractivity contribution in [1.29, 1.82) is 0 Å². The standard InChI is InChI=1S/C17H25N5O4S3/c1-3-22(17(28)21-9-11-26-12-10-21)19-29(24,25)13-15(23)18-20(2)16(27)14-7-5-4-6-8-14/h4-8,19H,3,9-13H2,1-2H3,(H,18,23). The van der Waals surface area contributed by atoms with Gasteiger partial charge >= 0.3 is 0 Å². The minimum atomic E-state index is -3.96. The summed E-state index contributed by atoms with van der Waals surface area (Å²) in [7, 11) is -2.41. The largest absolute Gasteiger partial charge is 0.378 e. The van der Waals surface area contributed by atoms with E-state index in [9.17, 15) is 13.2 Å². The highest BCUT2D eigenvalue weighted by molar-refractivity contribution is 7.90. The van der Waals surface area contributed by atoms with Crippen molar-refractivity contribution in [3.05, 3.63) is 35.9 Å². The van der Waals surface area contributed by atoms with E-state index in [2.05, 4.69) is 10.3 Å². The molecule has 0 aromatic heterocycles. The minimum Gasteiger partial charge on any atom is -0.378 e. The van der Waals surface area contributed by atoms with E-state index >= 15 is 0 Å². The first-order valence-electron chi connectivity index (χ1n) is 9.00. The number of amides is 1. The van der Waals surface area contributed by atoms with Crippen LogP contribution in [0, 0.1) is 0 Å². The number of benzene rings is 1. The second kappa shape index (κ2) is 10.8. The highest BCUT2D eigenvalue weighted by Crippen LogP contribution is 2.05. The summed E-state index contributed by atoms with van der Waals surface area (Å²) in [5, 5.41) is 3.00. The van der Waals surface area contributed by atoms with Gasteiger partial charge in [-0.2, -0.15) is 0 Å². The number of ether oxygens (including phenoxy) is 1. The lowest BCUT2D eigenvalue weighted by Crippen LogP contribution is -2.55. The Morgan fingerprint density at radius 2 is 1.83 bits per heavy atom. The number of sulfonamides is 1. The molecule has 0 bridgehead atoms. The molecule has 1 saturated heterocycles. The Morgan fingerprint density at radius 1 is 1.21 bits per heavy atom. The zero-order valence-electron chi connectivity index (χ0n) is 16.3. The molecule has 1 fully saturated rings. The molecule has 12 heteroatoms. The maximum Gasteiger partial charge on any atom is 0.255 e. The Morgan fingerprint density at radius 3 is 2.41 bits per heavy atom. The minimum absolute atomic E-state index is 0.315. The fraction of sp³-hybridized carbons (Fsp3) is 0.471. The Bertz CT molecular complexity index is 829. The molecule has 1 aromatic carbocycles. The third-order valence-corrected chi connectivity index (χ3v) is 6.15. The Labute approximate surface area is 182 Å². The molecule has 9 nitrogen and oxygen atoms in total. The average molecular weight is 460 g/mol. The van der Waals surface area contributed by atoms with Crippen LogP contribution in [0.4, 0.5) is 0 Å². The van der Waals surface area contributed by atoms with Gasteiger partial charge in [-0.15, -0.1) is 4.83 Å². The number of thiocarbonyl (C=S) groups is 2. The number of hydrogen-bond acceptors (Lipinski definition) is 6. The van der Waals surface area contributed by atoms with Crippen LogP contribution in [-0.2, 0) is 19.6 Å². The van der Waals surface area contributed by atoms with Crippen LogP contribution in [0.3, 0.4) is 0 Å². The predicted molar refractivity (Wildman–Crippen MR) is 118 cm³/mol. The third-order valence-electron chi connectivity index (χ3n) is 4.02. The van der Waals surface area contributed by atoms with E-state index in [-0.39, 0.29) is 0 Å². The van der Waals surface area contributed by atoms with Crippen molar-refractivity contribution in [1.82, 2.24) is 25.2 Å². The van der Waals surface area contributed by atoms with Gasteiger partial charge in [0.2, 0.25) is 10.0 Å². The molecule has 0 unspecified atom stereocenters. The summed E-state index contributed by atoms with van der Waals surface area (Å²) >= 11 is 10.7. The van der Waals surface area contributed by atoms with Crippen LogP contribution in [0.15, 0.2) is 30.3 Å². The van der Waals surface area contributed by atoms with E-state index in [1.807, 2.05) is 23.1 Å². The number of carbonyl (C=O) groups excluding carboxylic acids is 1. The topological polar surface area (TPSA) is 94.2 Å². The highest BCUT2D eigenvalue weighted by Gasteiger charge is 2.25. The molecule has 2 N–H and O–H groups in total. The maximum atomic E-state index is 12.5. The number of morpholine rings is 1. The van der Waals surface area contributed by atoms with Gasteiger partial charge in [-0.05, 0) is 19.1 Å². The van der Waals surface area contributed by atoms with E-state index in [0.717, 1.165) is 5.56 Å². The summed E-state index contributed by atoms with van der Waals surface area (Å²) in [6, 6.07) is 9.10. The van der Waals surface area contributed by atoms with Crippen LogP contribution in [0.25, 0.3) is 0 Å². The molecule has 2 rings (SSSR count). The Balaban J connectivity index is 1.92. The summed E-state index contributed by atoms with van der Waals surface area (Å²) < 4.78 is 30.2. The van der Waals surface area contributed by atoms with E-state index in [0.29, 0.717) is 42.9 Å². The van der Waals surface area contributed by atoms with Crippen LogP contribution >= 0.6 is 24.4 Å². The molecule has 1 aliphatic rings. The summed E-state index contributed by atoms with van der Waals surface area (Å²) in [6.45, 7) is 4.30. The van der Waals surface area contributed by atoms with Gasteiger partial charge in [0.1, 0.15) is 10.7 Å². The Kier molecular flexibility index (Phi) is 8.71. The van der Waals surface area contributed by atoms with E-state index in [1.54, 1.807) is 26.1 Å². The van der Waals surface area contributed by atoms with Crippen LogP contribution in [0.5, 0.6) is 0 Å². The van der Waals surface area contributed by atoms with Gasteiger partial charge < -0.3 is 9.64 Å². The number of nitrogens with zero attached hydrogens (tertiary/aromatic N) is 3. The molecule has 0 atom stereocenters. The maximum absolute atomic E-state index is 12.5. The number of carbonyl (C=O) groups is 1. The van der Waals surface area contributed by atoms with E-state index in [4.69, 9.17) is 29.2 Å². The number of hydrazine groups is 2. The molecule has 0 radical (unpaired) electrons. The third kappa shape index (κ3) is 7.16. The highest BCUT2D eigenvalue weighted by atomic mass is 32.2. The molecule has 160 valence electrons. The molecule has 1 aliphatic heterocycles. The second-order valence-electron chi connectivity index (χ2n) is 6.24. The summed E-state index contributed by atoms with van der Waals surface area (Å²) in [4.78, 5) is 16.8. The molecule has 0 saturated carbocycles. The SMILES string of the molecule is CCN(NS(=O)(=O)CC(=O)NN(C)C(=S)c1ccccc1)C(=S)N1CCOCC1. The smallest absolute Gasteiger partial charge is 0.255 e. The summed E-state index contributed by atoms with van der Waals surface area (Å²) in [5.41, 5.74) is 3.21. The van der Waals surface area contributed by atoms with E-state index in [1.165, 1.54) is 10.0 Å². The lowest BCUT2D eigenvalue weighted by Gasteiger charge is -2.34. The van der Waals surface area contributed by atoms with Gasteiger partial charge in [-0.1, -0.05) is 42.5 Å². The first kappa shape index (κ1) is 23.4. The van der Waals surface area contributed by atoms with Crippen molar-refractivity contribution >= 4 is 50.5 Å². The van der Waals surface area contributed by atoms with E-state index < -0.39 is 21.7 Å². The molecule has 1 heterocycles. The number of nitrogens with one attached hydrogen (secondary N) is 2. The fourth-order valence-corrected chi connectivity index (χ4v) is 4.20. The van der Waals surface area contributed by atoms with Gasteiger partial charge in [0.25, 0.3) is 5.91 Å². The molecule has 29 heavy (non-hydrogen) atoms. The predicted octanol–water partition coefficient (Wildman–Crippen LogP) is 0.0985. The van der Waals surface area contributed by atoms with Gasteiger partial charge in [-0.25, -0.2) is 8.42 Å². The van der Waals surface area contributed by atoms with Gasteiger partial charge in [-0.3, -0.25) is 20.2 Å². The zero-order chi connectivity index (χ0) is 21.4. The zero-order valence-corrected chi connectivity index (χ0v) is 18.8. The van der Waals surface area contributed by atoms with Crippen molar-refractivity contribution in [2.45, 2.75) is 6.92 Å². The first-order chi connectivity index (χ1) is 13.7. The fourth-order valence-electron chi connectivity index (χ4n) is 2.58. The lowest BCUT2D eigenvalue weighted by atomic mass is 10.2. The quantitative estimate of drug-likeness (QED) is 0.454. The summed E-state index contributed by atoms with van der Waals surface area (Å²) in [6.07, 6.45) is 0. The molecule has 1 aromatic rings.